The first-order chi connectivity index (χ1) is 9.81. The molecule has 1 saturated heterocycles. The molecular formula is C16H23ClN2OS. The summed E-state index contributed by atoms with van der Waals surface area (Å²) in [6.07, 6.45) is 1.24. The molecule has 3 nitrogen and oxygen atoms in total. The van der Waals surface area contributed by atoms with E-state index in [1.807, 2.05) is 0 Å². The number of nitrogens with zero attached hydrogens (tertiary/aromatic N) is 2. The van der Waals surface area contributed by atoms with Gasteiger partial charge in [0.05, 0.1) is 6.61 Å². The van der Waals surface area contributed by atoms with Crippen molar-refractivity contribution in [2.45, 2.75) is 20.0 Å². The molecule has 1 aliphatic rings. The van der Waals surface area contributed by atoms with Crippen LogP contribution < -0.4 is 4.90 Å². The van der Waals surface area contributed by atoms with E-state index in [9.17, 15) is 5.11 Å². The Morgan fingerprint density at radius 2 is 1.95 bits per heavy atom. The minimum atomic E-state index is 0. The van der Waals surface area contributed by atoms with Crippen molar-refractivity contribution >= 4 is 39.5 Å². The number of aliphatic hydroxyl groups is 1. The number of halogens is 1. The highest BCUT2D eigenvalue weighted by Crippen LogP contribution is 2.33. The largest absolute Gasteiger partial charge is 0.391 e. The van der Waals surface area contributed by atoms with Crippen LogP contribution in [0.25, 0.3) is 10.1 Å². The highest BCUT2D eigenvalue weighted by molar-refractivity contribution is 7.19. The second kappa shape index (κ2) is 7.45. The Labute approximate surface area is 136 Å². The summed E-state index contributed by atoms with van der Waals surface area (Å²) >= 11 is 1.70. The van der Waals surface area contributed by atoms with Gasteiger partial charge in [-0.25, -0.2) is 0 Å². The zero-order valence-corrected chi connectivity index (χ0v) is 14.1. The first-order valence-electron chi connectivity index (χ1n) is 7.41. The lowest BCUT2D eigenvalue weighted by molar-refractivity contribution is 0.258. The molecule has 0 spiro atoms. The zero-order valence-electron chi connectivity index (χ0n) is 12.4. The van der Waals surface area contributed by atoms with Crippen LogP contribution in [0.5, 0.6) is 0 Å². The third-order valence-electron chi connectivity index (χ3n) is 4.00. The van der Waals surface area contributed by atoms with Crippen LogP contribution in [0.4, 0.5) is 5.69 Å². The molecule has 5 heteroatoms. The van der Waals surface area contributed by atoms with Gasteiger partial charge in [-0.15, -0.1) is 23.7 Å². The second-order valence-corrected chi connectivity index (χ2v) is 6.56. The number of anilines is 1. The number of aliphatic hydroxyl groups excluding tert-OH is 1. The predicted molar refractivity (Wildman–Crippen MR) is 93.9 cm³/mol. The molecule has 0 unspecified atom stereocenters. The molecular weight excluding hydrogens is 304 g/mol. The maximum atomic E-state index is 9.32. The van der Waals surface area contributed by atoms with E-state index >= 15 is 0 Å². The Hall–Kier alpha value is -0.810. The van der Waals surface area contributed by atoms with Gasteiger partial charge < -0.3 is 10.0 Å². The van der Waals surface area contributed by atoms with Crippen molar-refractivity contribution in [1.82, 2.24) is 4.90 Å². The van der Waals surface area contributed by atoms with Gasteiger partial charge in [-0.3, -0.25) is 4.90 Å². The molecule has 1 aromatic carbocycles. The lowest BCUT2D eigenvalue weighted by Crippen LogP contribution is -2.46. The smallest absolute Gasteiger partial charge is 0.0774 e. The summed E-state index contributed by atoms with van der Waals surface area (Å²) in [6, 6.07) is 8.64. The normalized spacial score (nSPS) is 16.2. The Balaban J connectivity index is 0.00000161. The quantitative estimate of drug-likeness (QED) is 0.933. The molecule has 21 heavy (non-hydrogen) atoms. The molecule has 1 aromatic heterocycles. The maximum absolute atomic E-state index is 9.32. The summed E-state index contributed by atoms with van der Waals surface area (Å²) < 4.78 is 1.28. The summed E-state index contributed by atoms with van der Waals surface area (Å²) in [5.41, 5.74) is 1.33. The first kappa shape index (κ1) is 16.6. The average Bonchev–Trinajstić information content (AvgIpc) is 2.91. The fourth-order valence-corrected chi connectivity index (χ4v) is 3.92. The number of hydrogen-bond acceptors (Lipinski definition) is 4. The van der Waals surface area contributed by atoms with Crippen molar-refractivity contribution in [3.8, 4) is 0 Å². The van der Waals surface area contributed by atoms with Gasteiger partial charge in [0.1, 0.15) is 0 Å². The molecule has 116 valence electrons. The van der Waals surface area contributed by atoms with Gasteiger partial charge in [0, 0.05) is 46.8 Å². The standard InChI is InChI=1S/C16H22N2OS.ClH/c1-2-6-17-7-9-18(10-8-17)15-4-3-5-16-14(15)11-13(12-19)20-16;/h3-5,11,19H,2,6-10,12H2,1H3;1H. The van der Waals surface area contributed by atoms with Gasteiger partial charge in [0.25, 0.3) is 0 Å². The molecule has 0 radical (unpaired) electrons. The van der Waals surface area contributed by atoms with Crippen LogP contribution in [-0.2, 0) is 6.61 Å². The molecule has 0 saturated carbocycles. The SMILES string of the molecule is CCCN1CCN(c2cccc3sc(CO)cc23)CC1.Cl. The van der Waals surface area contributed by atoms with Crippen molar-refractivity contribution in [1.29, 1.82) is 0 Å². The lowest BCUT2D eigenvalue weighted by Gasteiger charge is -2.36. The van der Waals surface area contributed by atoms with Gasteiger partial charge in [-0.1, -0.05) is 13.0 Å². The van der Waals surface area contributed by atoms with Crippen LogP contribution in [0.2, 0.25) is 0 Å². The van der Waals surface area contributed by atoms with Gasteiger partial charge >= 0.3 is 0 Å². The Morgan fingerprint density at radius 1 is 1.19 bits per heavy atom. The molecule has 0 bridgehead atoms. The maximum Gasteiger partial charge on any atom is 0.0774 e. The second-order valence-electron chi connectivity index (χ2n) is 5.39. The Kier molecular flexibility index (Phi) is 5.88. The monoisotopic (exact) mass is 326 g/mol. The van der Waals surface area contributed by atoms with Gasteiger partial charge in [0.2, 0.25) is 0 Å². The molecule has 0 atom stereocenters. The van der Waals surface area contributed by atoms with Crippen molar-refractivity contribution in [3.63, 3.8) is 0 Å². The topological polar surface area (TPSA) is 26.7 Å². The van der Waals surface area contributed by atoms with E-state index in [0.29, 0.717) is 0 Å². The van der Waals surface area contributed by atoms with Gasteiger partial charge in [-0.05, 0) is 31.2 Å². The van der Waals surface area contributed by atoms with E-state index in [1.54, 1.807) is 11.3 Å². The molecule has 0 amide bonds. The molecule has 2 aromatic rings. The van der Waals surface area contributed by atoms with Crippen molar-refractivity contribution in [2.24, 2.45) is 0 Å². The van der Waals surface area contributed by atoms with Crippen LogP contribution in [0.3, 0.4) is 0 Å². The van der Waals surface area contributed by atoms with Crippen LogP contribution in [-0.4, -0.2) is 42.7 Å². The van der Waals surface area contributed by atoms with Gasteiger partial charge in [-0.2, -0.15) is 0 Å². The molecule has 1 fully saturated rings. The molecule has 2 heterocycles. The minimum Gasteiger partial charge on any atom is -0.391 e. The van der Waals surface area contributed by atoms with Crippen molar-refractivity contribution < 1.29 is 5.11 Å². The summed E-state index contributed by atoms with van der Waals surface area (Å²) in [6.45, 7) is 8.11. The number of piperazine rings is 1. The number of benzene rings is 1. The van der Waals surface area contributed by atoms with E-state index < -0.39 is 0 Å². The third kappa shape index (κ3) is 3.51. The van der Waals surface area contributed by atoms with Gasteiger partial charge in [0.15, 0.2) is 0 Å². The zero-order chi connectivity index (χ0) is 13.9. The summed E-state index contributed by atoms with van der Waals surface area (Å²) in [5.74, 6) is 0. The minimum absolute atomic E-state index is 0. The third-order valence-corrected chi connectivity index (χ3v) is 5.08. The molecule has 0 aliphatic carbocycles. The van der Waals surface area contributed by atoms with Crippen molar-refractivity contribution in [3.05, 3.63) is 29.1 Å². The highest BCUT2D eigenvalue weighted by atomic mass is 35.5. The lowest BCUT2D eigenvalue weighted by atomic mass is 10.1. The number of hydrogen-bond donors (Lipinski definition) is 1. The van der Waals surface area contributed by atoms with Crippen LogP contribution in [0, 0.1) is 0 Å². The number of thiophene rings is 1. The Bertz CT molecular complexity index is 579. The fraction of sp³-hybridized carbons (Fsp3) is 0.500. The van der Waals surface area contributed by atoms with E-state index in [0.717, 1.165) is 31.1 Å². The van der Waals surface area contributed by atoms with E-state index in [-0.39, 0.29) is 19.0 Å². The highest BCUT2D eigenvalue weighted by Gasteiger charge is 2.18. The molecule has 1 N–H and O–H groups in total. The predicted octanol–water partition coefficient (Wildman–Crippen LogP) is 3.35. The first-order valence-corrected chi connectivity index (χ1v) is 8.23. The van der Waals surface area contributed by atoms with E-state index in [2.05, 4.69) is 41.0 Å². The number of rotatable bonds is 4. The molecule has 3 rings (SSSR count). The van der Waals surface area contributed by atoms with Crippen LogP contribution >= 0.6 is 23.7 Å². The fourth-order valence-electron chi connectivity index (χ4n) is 2.98. The summed E-state index contributed by atoms with van der Waals surface area (Å²) in [5, 5.41) is 10.6. The Morgan fingerprint density at radius 3 is 2.62 bits per heavy atom. The van der Waals surface area contributed by atoms with E-state index in [1.165, 1.54) is 28.7 Å². The average molecular weight is 327 g/mol. The number of fused-ring (bicyclic) bond motifs is 1. The molecule has 1 aliphatic heterocycles. The van der Waals surface area contributed by atoms with Crippen LogP contribution in [0.1, 0.15) is 18.2 Å². The summed E-state index contributed by atoms with van der Waals surface area (Å²) in [4.78, 5) is 6.09. The van der Waals surface area contributed by atoms with Crippen LogP contribution in [0.15, 0.2) is 24.3 Å². The van der Waals surface area contributed by atoms with Crippen molar-refractivity contribution in [2.75, 3.05) is 37.6 Å². The van der Waals surface area contributed by atoms with E-state index in [4.69, 9.17) is 0 Å². The summed E-state index contributed by atoms with van der Waals surface area (Å²) in [7, 11) is 0.